The van der Waals surface area contributed by atoms with Gasteiger partial charge in [0, 0.05) is 25.6 Å². The number of hydrogen-bond donors (Lipinski definition) is 1. The van der Waals surface area contributed by atoms with Crippen molar-refractivity contribution in [1.82, 2.24) is 10.2 Å². The smallest absolute Gasteiger partial charge is 0.220 e. The van der Waals surface area contributed by atoms with Gasteiger partial charge in [-0.05, 0) is 62.1 Å². The molecule has 1 amide bonds. The summed E-state index contributed by atoms with van der Waals surface area (Å²) < 4.78 is 11.1. The number of nitrogens with one attached hydrogen (secondary N) is 1. The fourth-order valence-electron chi connectivity index (χ4n) is 5.16. The number of likely N-dealkylation sites (tertiary alicyclic amines) is 1. The number of ether oxygens (including phenoxy) is 2. The Hall–Kier alpha value is -1.85. The summed E-state index contributed by atoms with van der Waals surface area (Å²) in [5.41, 5.74) is 1.10. The molecule has 3 atom stereocenters. The molecule has 2 aliphatic rings. The maximum atomic E-state index is 12.7. The molecule has 172 valence electrons. The molecule has 2 fully saturated rings. The van der Waals surface area contributed by atoms with Crippen LogP contribution in [0.3, 0.4) is 0 Å². The molecule has 0 bridgehead atoms. The first-order valence-corrected chi connectivity index (χ1v) is 12.0. The SMILES string of the molecule is C=CCOCC1CCCN(CC2CCCCC2NC(=O)CCc2ccccc2OC)C1. The molecule has 1 aliphatic carbocycles. The molecule has 1 N–H and O–H groups in total. The van der Waals surface area contributed by atoms with Gasteiger partial charge >= 0.3 is 0 Å². The van der Waals surface area contributed by atoms with Crippen LogP contribution in [0.15, 0.2) is 36.9 Å². The van der Waals surface area contributed by atoms with Crippen LogP contribution >= 0.6 is 0 Å². The number of amides is 1. The first-order valence-electron chi connectivity index (χ1n) is 12.0. The third kappa shape index (κ3) is 7.65. The predicted octanol–water partition coefficient (Wildman–Crippen LogP) is 4.22. The number of piperidine rings is 1. The quantitative estimate of drug-likeness (QED) is 0.424. The molecule has 1 saturated heterocycles. The van der Waals surface area contributed by atoms with Gasteiger partial charge in [-0.2, -0.15) is 0 Å². The van der Waals surface area contributed by atoms with Crippen molar-refractivity contribution in [3.05, 3.63) is 42.5 Å². The second-order valence-electron chi connectivity index (χ2n) is 9.12. The highest BCUT2D eigenvalue weighted by molar-refractivity contribution is 5.76. The van der Waals surface area contributed by atoms with E-state index in [1.807, 2.05) is 30.3 Å². The lowest BCUT2D eigenvalue weighted by Gasteiger charge is -2.39. The van der Waals surface area contributed by atoms with Crippen LogP contribution in [0.2, 0.25) is 0 Å². The molecule has 31 heavy (non-hydrogen) atoms. The largest absolute Gasteiger partial charge is 0.496 e. The van der Waals surface area contributed by atoms with Crippen LogP contribution in [0, 0.1) is 11.8 Å². The number of carbonyl (C=O) groups excluding carboxylic acids is 1. The summed E-state index contributed by atoms with van der Waals surface area (Å²) >= 11 is 0. The average Bonchev–Trinajstić information content (AvgIpc) is 2.80. The van der Waals surface area contributed by atoms with E-state index >= 15 is 0 Å². The molecule has 1 aromatic rings. The molecule has 5 heteroatoms. The second kappa shape index (κ2) is 12.9. The molecular weight excluding hydrogens is 388 g/mol. The monoisotopic (exact) mass is 428 g/mol. The summed E-state index contributed by atoms with van der Waals surface area (Å²) in [6.45, 7) is 8.58. The number of methoxy groups -OCH3 is 1. The van der Waals surface area contributed by atoms with Crippen LogP contribution in [0.5, 0.6) is 5.75 Å². The summed E-state index contributed by atoms with van der Waals surface area (Å²) in [5, 5.41) is 3.38. The van der Waals surface area contributed by atoms with Gasteiger partial charge in [-0.1, -0.05) is 37.1 Å². The Morgan fingerprint density at radius 3 is 2.90 bits per heavy atom. The molecule has 1 saturated carbocycles. The molecule has 1 aliphatic heterocycles. The van der Waals surface area contributed by atoms with Crippen molar-refractivity contribution in [2.24, 2.45) is 11.8 Å². The highest BCUT2D eigenvalue weighted by Gasteiger charge is 2.30. The lowest BCUT2D eigenvalue weighted by atomic mass is 9.83. The molecule has 1 aromatic carbocycles. The van der Waals surface area contributed by atoms with Crippen LogP contribution in [0.25, 0.3) is 0 Å². The highest BCUT2D eigenvalue weighted by atomic mass is 16.5. The Labute approximate surface area is 188 Å². The lowest BCUT2D eigenvalue weighted by molar-refractivity contribution is -0.122. The molecule has 3 rings (SSSR count). The predicted molar refractivity (Wildman–Crippen MR) is 125 cm³/mol. The molecule has 1 heterocycles. The maximum Gasteiger partial charge on any atom is 0.220 e. The Morgan fingerprint density at radius 1 is 1.23 bits per heavy atom. The average molecular weight is 429 g/mol. The van der Waals surface area contributed by atoms with Gasteiger partial charge < -0.3 is 19.7 Å². The van der Waals surface area contributed by atoms with Crippen molar-refractivity contribution in [2.75, 3.05) is 40.0 Å². The van der Waals surface area contributed by atoms with Crippen molar-refractivity contribution >= 4 is 5.91 Å². The maximum absolute atomic E-state index is 12.7. The van der Waals surface area contributed by atoms with E-state index in [4.69, 9.17) is 9.47 Å². The van der Waals surface area contributed by atoms with E-state index in [1.165, 1.54) is 38.6 Å². The first kappa shape index (κ1) is 23.8. The van der Waals surface area contributed by atoms with Gasteiger partial charge in [0.25, 0.3) is 0 Å². The number of para-hydroxylation sites is 1. The Bertz CT molecular complexity index is 693. The summed E-state index contributed by atoms with van der Waals surface area (Å²) in [7, 11) is 1.68. The van der Waals surface area contributed by atoms with Gasteiger partial charge in [0.05, 0.1) is 20.3 Å². The lowest BCUT2D eigenvalue weighted by Crippen LogP contribution is -2.48. The van der Waals surface area contributed by atoms with E-state index in [2.05, 4.69) is 16.8 Å². The van der Waals surface area contributed by atoms with Crippen molar-refractivity contribution in [2.45, 2.75) is 57.4 Å². The Kier molecular flexibility index (Phi) is 9.88. The van der Waals surface area contributed by atoms with Crippen LogP contribution in [-0.4, -0.2) is 56.8 Å². The number of carbonyl (C=O) groups is 1. The fourth-order valence-corrected chi connectivity index (χ4v) is 5.16. The van der Waals surface area contributed by atoms with E-state index in [1.54, 1.807) is 7.11 Å². The van der Waals surface area contributed by atoms with Gasteiger partial charge in [-0.25, -0.2) is 0 Å². The minimum Gasteiger partial charge on any atom is -0.496 e. The molecule has 0 radical (unpaired) electrons. The van der Waals surface area contributed by atoms with Crippen molar-refractivity contribution in [1.29, 1.82) is 0 Å². The summed E-state index contributed by atoms with van der Waals surface area (Å²) in [4.78, 5) is 15.3. The van der Waals surface area contributed by atoms with Crippen LogP contribution in [-0.2, 0) is 16.0 Å². The normalized spacial score (nSPS) is 24.5. The van der Waals surface area contributed by atoms with Crippen LogP contribution < -0.4 is 10.1 Å². The van der Waals surface area contributed by atoms with Crippen molar-refractivity contribution < 1.29 is 14.3 Å². The van der Waals surface area contributed by atoms with E-state index in [0.717, 1.165) is 37.4 Å². The van der Waals surface area contributed by atoms with Crippen LogP contribution in [0.1, 0.15) is 50.5 Å². The minimum absolute atomic E-state index is 0.164. The van der Waals surface area contributed by atoms with Crippen molar-refractivity contribution in [3.63, 3.8) is 0 Å². The Morgan fingerprint density at radius 2 is 2.06 bits per heavy atom. The zero-order valence-corrected chi connectivity index (χ0v) is 19.2. The molecule has 0 aromatic heterocycles. The zero-order valence-electron chi connectivity index (χ0n) is 19.2. The standard InChI is InChI=1S/C26H40N2O3/c1-3-17-31-20-21-9-8-16-28(18-21)19-23-11-4-6-12-24(23)27-26(29)15-14-22-10-5-7-13-25(22)30-2/h3,5,7,10,13,21,23-24H,1,4,6,8-9,11-12,14-20H2,2H3,(H,27,29). The topological polar surface area (TPSA) is 50.8 Å². The summed E-state index contributed by atoms with van der Waals surface area (Å²) in [6.07, 6.45) is 10.3. The van der Waals surface area contributed by atoms with Gasteiger partial charge in [0.2, 0.25) is 5.91 Å². The van der Waals surface area contributed by atoms with E-state index < -0.39 is 0 Å². The second-order valence-corrected chi connectivity index (χ2v) is 9.12. The van der Waals surface area contributed by atoms with Crippen LogP contribution in [0.4, 0.5) is 0 Å². The van der Waals surface area contributed by atoms with E-state index in [-0.39, 0.29) is 5.91 Å². The molecule has 3 unspecified atom stereocenters. The summed E-state index contributed by atoms with van der Waals surface area (Å²) in [5.74, 6) is 2.20. The fraction of sp³-hybridized carbons (Fsp3) is 0.654. The van der Waals surface area contributed by atoms with Gasteiger partial charge in [-0.3, -0.25) is 4.79 Å². The van der Waals surface area contributed by atoms with Gasteiger partial charge in [0.1, 0.15) is 5.75 Å². The van der Waals surface area contributed by atoms with Crippen molar-refractivity contribution in [3.8, 4) is 5.75 Å². The minimum atomic E-state index is 0.164. The highest BCUT2D eigenvalue weighted by Crippen LogP contribution is 2.28. The van der Waals surface area contributed by atoms with Gasteiger partial charge in [0.15, 0.2) is 0 Å². The first-order chi connectivity index (χ1) is 15.2. The molecular formula is C26H40N2O3. The summed E-state index contributed by atoms with van der Waals surface area (Å²) in [6, 6.07) is 8.27. The van der Waals surface area contributed by atoms with E-state index in [0.29, 0.717) is 37.3 Å². The van der Waals surface area contributed by atoms with E-state index in [9.17, 15) is 4.79 Å². The molecule has 0 spiro atoms. The number of aryl methyl sites for hydroxylation is 1. The van der Waals surface area contributed by atoms with Gasteiger partial charge in [-0.15, -0.1) is 6.58 Å². The Balaban J connectivity index is 1.47. The number of nitrogens with zero attached hydrogens (tertiary/aromatic N) is 1. The molecule has 5 nitrogen and oxygen atoms in total. The third-order valence-corrected chi connectivity index (χ3v) is 6.75. The third-order valence-electron chi connectivity index (χ3n) is 6.75. The number of rotatable bonds is 11. The number of benzene rings is 1. The zero-order chi connectivity index (χ0) is 21.9. The number of hydrogen-bond acceptors (Lipinski definition) is 4.